The van der Waals surface area contributed by atoms with Crippen molar-refractivity contribution in [2.45, 2.75) is 33.1 Å². The maximum atomic E-state index is 5.34. The number of nitrogens with zero attached hydrogens (tertiary/aromatic N) is 2. The molecule has 0 saturated heterocycles. The molecule has 0 spiro atoms. The predicted octanol–water partition coefficient (Wildman–Crippen LogP) is 3.62. The number of ether oxygens (including phenoxy) is 1. The van der Waals surface area contributed by atoms with Gasteiger partial charge in [-0.3, -0.25) is 4.99 Å². The molecule has 0 fully saturated rings. The predicted molar refractivity (Wildman–Crippen MR) is 108 cm³/mol. The number of hydrogen-bond donors (Lipinski definition) is 1. The Balaban J connectivity index is 0.00000441. The molecular formula is C16H30IN3OS. The number of halogens is 1. The van der Waals surface area contributed by atoms with Gasteiger partial charge in [0, 0.05) is 44.8 Å². The summed E-state index contributed by atoms with van der Waals surface area (Å²) in [5.41, 5.74) is 0. The molecule has 1 aromatic heterocycles. The highest BCUT2D eigenvalue weighted by Crippen LogP contribution is 2.09. The van der Waals surface area contributed by atoms with Crippen molar-refractivity contribution in [3.63, 3.8) is 0 Å². The number of unbranched alkanes of at least 4 members (excludes halogenated alkanes) is 1. The molecule has 1 rings (SSSR count). The zero-order valence-electron chi connectivity index (χ0n) is 14.0. The average molecular weight is 439 g/mol. The fraction of sp³-hybridized carbons (Fsp3) is 0.688. The Bertz CT molecular complexity index is 385. The molecule has 22 heavy (non-hydrogen) atoms. The Kier molecular flexibility index (Phi) is 14.0. The zero-order chi connectivity index (χ0) is 15.3. The minimum Gasteiger partial charge on any atom is -0.382 e. The Morgan fingerprint density at radius 2 is 2.18 bits per heavy atom. The Morgan fingerprint density at radius 3 is 2.82 bits per heavy atom. The second-order valence-corrected chi connectivity index (χ2v) is 5.92. The summed E-state index contributed by atoms with van der Waals surface area (Å²) in [4.78, 5) is 8.33. The van der Waals surface area contributed by atoms with Gasteiger partial charge in [-0.05, 0) is 44.6 Å². The van der Waals surface area contributed by atoms with Crippen LogP contribution in [0.1, 0.15) is 31.6 Å². The molecule has 1 aromatic rings. The maximum absolute atomic E-state index is 5.34. The normalized spacial score (nSPS) is 11.1. The van der Waals surface area contributed by atoms with E-state index in [0.717, 1.165) is 58.1 Å². The highest BCUT2D eigenvalue weighted by molar-refractivity contribution is 14.0. The molecule has 6 heteroatoms. The van der Waals surface area contributed by atoms with Crippen LogP contribution >= 0.6 is 35.3 Å². The molecule has 1 N–H and O–H groups in total. The number of hydrogen-bond acceptors (Lipinski definition) is 3. The van der Waals surface area contributed by atoms with E-state index in [1.807, 2.05) is 18.3 Å². The van der Waals surface area contributed by atoms with Crippen LogP contribution in [0.2, 0.25) is 0 Å². The summed E-state index contributed by atoms with van der Waals surface area (Å²) in [6.07, 6.45) is 3.23. The van der Waals surface area contributed by atoms with Gasteiger partial charge >= 0.3 is 0 Å². The first-order chi connectivity index (χ1) is 10.3. The molecule has 0 aliphatic rings. The van der Waals surface area contributed by atoms with Crippen LogP contribution in [0.15, 0.2) is 22.5 Å². The third-order valence-corrected chi connectivity index (χ3v) is 4.07. The van der Waals surface area contributed by atoms with Gasteiger partial charge in [-0.1, -0.05) is 6.07 Å². The van der Waals surface area contributed by atoms with Crippen molar-refractivity contribution in [2.75, 3.05) is 39.9 Å². The largest absolute Gasteiger partial charge is 0.382 e. The van der Waals surface area contributed by atoms with Crippen molar-refractivity contribution in [3.05, 3.63) is 22.4 Å². The Hall–Kier alpha value is -0.340. The van der Waals surface area contributed by atoms with Gasteiger partial charge in [-0.15, -0.1) is 35.3 Å². The molecule has 0 unspecified atom stereocenters. The van der Waals surface area contributed by atoms with Crippen molar-refractivity contribution in [1.82, 2.24) is 10.2 Å². The van der Waals surface area contributed by atoms with Gasteiger partial charge in [-0.2, -0.15) is 0 Å². The smallest absolute Gasteiger partial charge is 0.193 e. The van der Waals surface area contributed by atoms with E-state index in [2.05, 4.69) is 41.7 Å². The first kappa shape index (κ1) is 21.7. The topological polar surface area (TPSA) is 36.9 Å². The standard InChI is InChI=1S/C16H29N3OS.HI/c1-4-17-16(18-11-6-7-13-20-5-2)19(3)12-10-15-9-8-14-21-15;/h8-9,14H,4-7,10-13H2,1-3H3,(H,17,18);1H. The van der Waals surface area contributed by atoms with Crippen molar-refractivity contribution < 1.29 is 4.74 Å². The zero-order valence-corrected chi connectivity index (χ0v) is 17.2. The average Bonchev–Trinajstić information content (AvgIpc) is 3.00. The van der Waals surface area contributed by atoms with Crippen LogP contribution in [0.3, 0.4) is 0 Å². The quantitative estimate of drug-likeness (QED) is 0.262. The van der Waals surface area contributed by atoms with Crippen LogP contribution in [-0.4, -0.2) is 50.8 Å². The lowest BCUT2D eigenvalue weighted by Gasteiger charge is -2.21. The lowest BCUT2D eigenvalue weighted by Crippen LogP contribution is -2.40. The van der Waals surface area contributed by atoms with Crippen LogP contribution in [0, 0.1) is 0 Å². The van der Waals surface area contributed by atoms with E-state index < -0.39 is 0 Å². The van der Waals surface area contributed by atoms with Gasteiger partial charge in [0.15, 0.2) is 5.96 Å². The molecule has 0 aliphatic carbocycles. The summed E-state index contributed by atoms with van der Waals surface area (Å²) in [5, 5.41) is 5.49. The molecule has 0 amide bonds. The molecule has 128 valence electrons. The van der Waals surface area contributed by atoms with Crippen molar-refractivity contribution >= 4 is 41.3 Å². The maximum Gasteiger partial charge on any atom is 0.193 e. The fourth-order valence-corrected chi connectivity index (χ4v) is 2.65. The number of rotatable bonds is 10. The monoisotopic (exact) mass is 439 g/mol. The summed E-state index contributed by atoms with van der Waals surface area (Å²) in [6.45, 7) is 8.54. The number of aliphatic imine (C=N–C) groups is 1. The SMILES string of the molecule is CCNC(=NCCCCOCC)N(C)CCc1cccs1.I. The number of thiophene rings is 1. The van der Waals surface area contributed by atoms with Crippen LogP contribution < -0.4 is 5.32 Å². The van der Waals surface area contributed by atoms with E-state index in [1.165, 1.54) is 4.88 Å². The van der Waals surface area contributed by atoms with Crippen molar-refractivity contribution in [1.29, 1.82) is 0 Å². The van der Waals surface area contributed by atoms with Crippen LogP contribution in [-0.2, 0) is 11.2 Å². The minimum absolute atomic E-state index is 0. The Labute approximate surface area is 156 Å². The highest BCUT2D eigenvalue weighted by atomic mass is 127. The van der Waals surface area contributed by atoms with Gasteiger partial charge in [0.25, 0.3) is 0 Å². The fourth-order valence-electron chi connectivity index (χ4n) is 1.95. The first-order valence-corrected chi connectivity index (χ1v) is 8.75. The van der Waals surface area contributed by atoms with Gasteiger partial charge < -0.3 is 15.0 Å². The second kappa shape index (κ2) is 14.3. The summed E-state index contributed by atoms with van der Waals surface area (Å²) in [6, 6.07) is 4.30. The van der Waals surface area contributed by atoms with Gasteiger partial charge in [-0.25, -0.2) is 0 Å². The molecule has 0 atom stereocenters. The lowest BCUT2D eigenvalue weighted by atomic mass is 10.3. The second-order valence-electron chi connectivity index (χ2n) is 4.89. The molecule has 0 aliphatic heterocycles. The van der Waals surface area contributed by atoms with Gasteiger partial charge in [0.05, 0.1) is 0 Å². The minimum atomic E-state index is 0. The molecule has 4 nitrogen and oxygen atoms in total. The third kappa shape index (κ3) is 9.63. The molecule has 0 bridgehead atoms. The van der Waals surface area contributed by atoms with Crippen LogP contribution in [0.25, 0.3) is 0 Å². The first-order valence-electron chi connectivity index (χ1n) is 7.87. The van der Waals surface area contributed by atoms with E-state index in [9.17, 15) is 0 Å². The summed E-state index contributed by atoms with van der Waals surface area (Å²) < 4.78 is 5.34. The molecule has 1 heterocycles. The van der Waals surface area contributed by atoms with Crippen molar-refractivity contribution in [3.8, 4) is 0 Å². The molecule has 0 radical (unpaired) electrons. The number of nitrogens with one attached hydrogen (secondary N) is 1. The summed E-state index contributed by atoms with van der Waals surface area (Å²) in [7, 11) is 2.11. The van der Waals surface area contributed by atoms with Crippen molar-refractivity contribution in [2.24, 2.45) is 4.99 Å². The Morgan fingerprint density at radius 1 is 1.36 bits per heavy atom. The van der Waals surface area contributed by atoms with E-state index >= 15 is 0 Å². The number of guanidine groups is 1. The summed E-state index contributed by atoms with van der Waals surface area (Å²) in [5.74, 6) is 1.01. The molecule has 0 aromatic carbocycles. The van der Waals surface area contributed by atoms with E-state index in [4.69, 9.17) is 9.73 Å². The van der Waals surface area contributed by atoms with Gasteiger partial charge in [0.2, 0.25) is 0 Å². The molecular weight excluding hydrogens is 409 g/mol. The van der Waals surface area contributed by atoms with Gasteiger partial charge in [0.1, 0.15) is 0 Å². The van der Waals surface area contributed by atoms with E-state index in [-0.39, 0.29) is 24.0 Å². The molecule has 0 saturated carbocycles. The third-order valence-electron chi connectivity index (χ3n) is 3.13. The van der Waals surface area contributed by atoms with Crippen LogP contribution in [0.4, 0.5) is 0 Å². The lowest BCUT2D eigenvalue weighted by molar-refractivity contribution is 0.144. The highest BCUT2D eigenvalue weighted by Gasteiger charge is 2.05. The van der Waals surface area contributed by atoms with Crippen LogP contribution in [0.5, 0.6) is 0 Å². The van der Waals surface area contributed by atoms with E-state index in [1.54, 1.807) is 0 Å². The summed E-state index contributed by atoms with van der Waals surface area (Å²) >= 11 is 1.82. The van der Waals surface area contributed by atoms with E-state index in [0.29, 0.717) is 0 Å². The number of likely N-dealkylation sites (N-methyl/N-ethyl adjacent to an activating group) is 1.